The van der Waals surface area contributed by atoms with E-state index in [0.29, 0.717) is 6.10 Å². The maximum atomic E-state index is 5.89. The molecule has 1 aromatic rings. The minimum absolute atomic E-state index is 0.255. The first kappa shape index (κ1) is 9.28. The predicted molar refractivity (Wildman–Crippen MR) is 56.7 cm³/mol. The van der Waals surface area contributed by atoms with Gasteiger partial charge in [0.25, 0.3) is 0 Å². The molecule has 3 heterocycles. The van der Waals surface area contributed by atoms with Crippen LogP contribution in [0.2, 0.25) is 0 Å². The fourth-order valence-corrected chi connectivity index (χ4v) is 2.74. The summed E-state index contributed by atoms with van der Waals surface area (Å²) < 4.78 is 5.89. The smallest absolute Gasteiger partial charge is 0.125 e. The van der Waals surface area contributed by atoms with E-state index >= 15 is 0 Å². The molecule has 1 saturated heterocycles. The van der Waals surface area contributed by atoms with Crippen LogP contribution in [0.25, 0.3) is 0 Å². The van der Waals surface area contributed by atoms with Crippen molar-refractivity contribution in [1.82, 2.24) is 9.97 Å². The van der Waals surface area contributed by atoms with Gasteiger partial charge in [-0.3, -0.25) is 0 Å². The minimum atomic E-state index is 0.255. The van der Waals surface area contributed by atoms with Gasteiger partial charge in [0, 0.05) is 17.7 Å². The van der Waals surface area contributed by atoms with Crippen molar-refractivity contribution in [3.8, 4) is 0 Å². The summed E-state index contributed by atoms with van der Waals surface area (Å²) in [5, 5.41) is 0. The second-order valence-electron chi connectivity index (χ2n) is 4.46. The molecule has 3 rings (SSSR count). The van der Waals surface area contributed by atoms with Gasteiger partial charge in [0.1, 0.15) is 11.9 Å². The molecule has 0 aromatic carbocycles. The van der Waals surface area contributed by atoms with E-state index in [1.165, 1.54) is 23.4 Å². The number of hydrogen-bond donors (Lipinski definition) is 0. The van der Waals surface area contributed by atoms with Crippen LogP contribution in [0, 0.1) is 6.92 Å². The van der Waals surface area contributed by atoms with Crippen LogP contribution in [0.5, 0.6) is 0 Å². The first-order valence-corrected chi connectivity index (χ1v) is 5.79. The lowest BCUT2D eigenvalue weighted by Crippen LogP contribution is -2.22. The zero-order valence-electron chi connectivity index (χ0n) is 9.29. The lowest BCUT2D eigenvalue weighted by molar-refractivity contribution is 0.0287. The number of rotatable bonds is 1. The summed E-state index contributed by atoms with van der Waals surface area (Å²) in [6, 6.07) is 0. The number of ether oxygens (including phenoxy) is 1. The van der Waals surface area contributed by atoms with Crippen LogP contribution in [-0.2, 0) is 17.6 Å². The molecule has 2 aliphatic heterocycles. The second kappa shape index (κ2) is 3.27. The Labute approximate surface area is 89.9 Å². The number of nitrogens with zero attached hydrogens (tertiary/aromatic N) is 2. The number of aryl methyl sites for hydroxylation is 2. The van der Waals surface area contributed by atoms with Crippen LogP contribution >= 0.6 is 0 Å². The van der Waals surface area contributed by atoms with Crippen molar-refractivity contribution in [1.29, 1.82) is 0 Å². The van der Waals surface area contributed by atoms with Crippen molar-refractivity contribution in [3.63, 3.8) is 0 Å². The van der Waals surface area contributed by atoms with E-state index in [2.05, 4.69) is 16.9 Å². The van der Waals surface area contributed by atoms with Gasteiger partial charge in [0.15, 0.2) is 0 Å². The molecule has 2 bridgehead atoms. The fourth-order valence-electron chi connectivity index (χ4n) is 2.74. The standard InChI is InChI=1S/C12H16N2O/c1-3-10-9-6-8-4-5-11(15-8)12(9)14-7(2)13-10/h8,11H,3-6H2,1-2H3. The Morgan fingerprint density at radius 2 is 2.20 bits per heavy atom. The van der Waals surface area contributed by atoms with E-state index in [-0.39, 0.29) is 6.10 Å². The summed E-state index contributed by atoms with van der Waals surface area (Å²) in [7, 11) is 0. The van der Waals surface area contributed by atoms with Gasteiger partial charge in [0.2, 0.25) is 0 Å². The van der Waals surface area contributed by atoms with Gasteiger partial charge in [-0.05, 0) is 26.2 Å². The molecule has 1 fully saturated rings. The number of hydrogen-bond acceptors (Lipinski definition) is 3. The summed E-state index contributed by atoms with van der Waals surface area (Å²) in [6.45, 7) is 4.14. The molecule has 0 radical (unpaired) electrons. The van der Waals surface area contributed by atoms with Crippen molar-refractivity contribution in [2.24, 2.45) is 0 Å². The third-order valence-electron chi connectivity index (χ3n) is 3.42. The highest BCUT2D eigenvalue weighted by molar-refractivity contribution is 5.31. The first-order valence-electron chi connectivity index (χ1n) is 5.79. The van der Waals surface area contributed by atoms with Gasteiger partial charge >= 0.3 is 0 Å². The van der Waals surface area contributed by atoms with Crippen LogP contribution in [0.3, 0.4) is 0 Å². The molecular weight excluding hydrogens is 188 g/mol. The maximum absolute atomic E-state index is 5.89. The lowest BCUT2D eigenvalue weighted by atomic mass is 10.0. The first-order chi connectivity index (χ1) is 7.28. The van der Waals surface area contributed by atoms with Crippen molar-refractivity contribution in [2.45, 2.75) is 51.7 Å². The van der Waals surface area contributed by atoms with Crippen LogP contribution in [0.15, 0.2) is 0 Å². The second-order valence-corrected chi connectivity index (χ2v) is 4.46. The van der Waals surface area contributed by atoms with Crippen molar-refractivity contribution in [3.05, 3.63) is 22.8 Å². The molecule has 2 aliphatic rings. The molecule has 2 atom stereocenters. The Kier molecular flexibility index (Phi) is 2.02. The molecule has 0 amide bonds. The highest BCUT2D eigenvalue weighted by Gasteiger charge is 2.36. The van der Waals surface area contributed by atoms with E-state index < -0.39 is 0 Å². The maximum Gasteiger partial charge on any atom is 0.125 e. The average Bonchev–Trinajstić information content (AvgIpc) is 2.62. The summed E-state index contributed by atoms with van der Waals surface area (Å²) in [5.41, 5.74) is 3.78. The SMILES string of the molecule is CCc1nc(C)nc2c1CC1CCC2O1. The quantitative estimate of drug-likeness (QED) is 0.703. The molecule has 0 spiro atoms. The molecule has 3 nitrogen and oxygen atoms in total. The van der Waals surface area contributed by atoms with E-state index in [9.17, 15) is 0 Å². The van der Waals surface area contributed by atoms with Gasteiger partial charge in [-0.2, -0.15) is 0 Å². The Balaban J connectivity index is 2.15. The van der Waals surface area contributed by atoms with Gasteiger partial charge in [0.05, 0.1) is 11.8 Å². The summed E-state index contributed by atoms with van der Waals surface area (Å²) in [6.07, 6.45) is 5.03. The highest BCUT2D eigenvalue weighted by Crippen LogP contribution is 2.40. The molecule has 2 unspecified atom stereocenters. The highest BCUT2D eigenvalue weighted by atomic mass is 16.5. The third-order valence-corrected chi connectivity index (χ3v) is 3.42. The third kappa shape index (κ3) is 1.37. The Morgan fingerprint density at radius 3 is 3.00 bits per heavy atom. The van der Waals surface area contributed by atoms with Crippen LogP contribution < -0.4 is 0 Å². The zero-order valence-corrected chi connectivity index (χ0v) is 9.29. The largest absolute Gasteiger partial charge is 0.368 e. The molecule has 0 N–H and O–H groups in total. The lowest BCUT2D eigenvalue weighted by Gasteiger charge is -2.24. The molecule has 0 saturated carbocycles. The Morgan fingerprint density at radius 1 is 1.33 bits per heavy atom. The molecule has 80 valence electrons. The molecule has 15 heavy (non-hydrogen) atoms. The van der Waals surface area contributed by atoms with Crippen LogP contribution in [0.4, 0.5) is 0 Å². The minimum Gasteiger partial charge on any atom is -0.368 e. The zero-order chi connectivity index (χ0) is 10.4. The Bertz CT molecular complexity index is 403. The van der Waals surface area contributed by atoms with E-state index in [1.807, 2.05) is 6.92 Å². The van der Waals surface area contributed by atoms with E-state index in [4.69, 9.17) is 4.74 Å². The van der Waals surface area contributed by atoms with Gasteiger partial charge in [-0.25, -0.2) is 9.97 Å². The fraction of sp³-hybridized carbons (Fsp3) is 0.667. The van der Waals surface area contributed by atoms with E-state index in [0.717, 1.165) is 25.1 Å². The van der Waals surface area contributed by atoms with Gasteiger partial charge in [-0.15, -0.1) is 0 Å². The van der Waals surface area contributed by atoms with Crippen LogP contribution in [0.1, 0.15) is 48.6 Å². The van der Waals surface area contributed by atoms with Gasteiger partial charge < -0.3 is 4.74 Å². The molecule has 3 heteroatoms. The average molecular weight is 204 g/mol. The summed E-state index contributed by atoms with van der Waals surface area (Å²) in [5.74, 6) is 0.888. The molecular formula is C12H16N2O. The summed E-state index contributed by atoms with van der Waals surface area (Å²) in [4.78, 5) is 9.10. The predicted octanol–water partition coefficient (Wildman–Crippen LogP) is 2.12. The van der Waals surface area contributed by atoms with Crippen molar-refractivity contribution >= 4 is 0 Å². The molecule has 0 aliphatic carbocycles. The number of aromatic nitrogens is 2. The summed E-state index contributed by atoms with van der Waals surface area (Å²) >= 11 is 0. The topological polar surface area (TPSA) is 35.0 Å². The van der Waals surface area contributed by atoms with E-state index in [1.54, 1.807) is 0 Å². The van der Waals surface area contributed by atoms with Crippen molar-refractivity contribution < 1.29 is 4.74 Å². The van der Waals surface area contributed by atoms with Gasteiger partial charge in [-0.1, -0.05) is 6.92 Å². The normalized spacial score (nSPS) is 27.9. The molecule has 1 aromatic heterocycles. The monoisotopic (exact) mass is 204 g/mol. The Hall–Kier alpha value is -0.960. The number of fused-ring (bicyclic) bond motifs is 4. The van der Waals surface area contributed by atoms with Crippen LogP contribution in [-0.4, -0.2) is 16.1 Å². The van der Waals surface area contributed by atoms with Crippen molar-refractivity contribution in [2.75, 3.05) is 0 Å².